The van der Waals surface area contributed by atoms with Crippen molar-refractivity contribution < 1.29 is 4.74 Å². The maximum absolute atomic E-state index is 6.13. The number of ether oxygens (including phenoxy) is 1. The Kier molecular flexibility index (Phi) is 6.36. The van der Waals surface area contributed by atoms with Gasteiger partial charge in [-0.05, 0) is 82.0 Å². The highest BCUT2D eigenvalue weighted by molar-refractivity contribution is 9.10. The van der Waals surface area contributed by atoms with E-state index in [1.807, 2.05) is 73.8 Å². The second-order valence-corrected chi connectivity index (χ2v) is 7.45. The Labute approximate surface area is 171 Å². The van der Waals surface area contributed by atoms with Crippen molar-refractivity contribution in [3.63, 3.8) is 0 Å². The first-order chi connectivity index (χ1) is 12.5. The van der Waals surface area contributed by atoms with Crippen molar-refractivity contribution in [3.8, 4) is 5.75 Å². The molecular weight excluding hydrogens is 433 g/mol. The Hall–Kier alpha value is -1.81. The summed E-state index contributed by atoms with van der Waals surface area (Å²) >= 11 is 15.7. The molecule has 26 heavy (non-hydrogen) atoms. The fourth-order valence-electron chi connectivity index (χ4n) is 2.38. The zero-order chi connectivity index (χ0) is 18.5. The van der Waals surface area contributed by atoms with E-state index in [4.69, 9.17) is 27.9 Å². The summed E-state index contributed by atoms with van der Waals surface area (Å²) in [7, 11) is 0. The van der Waals surface area contributed by atoms with Gasteiger partial charge in [-0.3, -0.25) is 4.99 Å². The summed E-state index contributed by atoms with van der Waals surface area (Å²) in [5.41, 5.74) is 3.80. The van der Waals surface area contributed by atoms with Gasteiger partial charge in [0, 0.05) is 16.3 Å². The number of aliphatic imine (C=N–C) groups is 1. The molecule has 3 rings (SSSR count). The van der Waals surface area contributed by atoms with Crippen LogP contribution in [-0.4, -0.2) is 6.21 Å². The molecule has 0 aliphatic carbocycles. The fourth-order valence-corrected chi connectivity index (χ4v) is 3.28. The van der Waals surface area contributed by atoms with Crippen molar-refractivity contribution in [1.82, 2.24) is 0 Å². The van der Waals surface area contributed by atoms with E-state index < -0.39 is 0 Å². The summed E-state index contributed by atoms with van der Waals surface area (Å²) in [5.74, 6) is 0.765. The zero-order valence-corrected chi connectivity index (χ0v) is 17.1. The molecule has 132 valence electrons. The van der Waals surface area contributed by atoms with Crippen LogP contribution in [0.1, 0.15) is 16.7 Å². The van der Waals surface area contributed by atoms with Crippen LogP contribution in [0.2, 0.25) is 10.0 Å². The normalized spacial score (nSPS) is 11.1. The number of rotatable bonds is 5. The highest BCUT2D eigenvalue weighted by atomic mass is 79.9. The SMILES string of the molecule is Cc1c(Cl)cccc1N=Cc1ccc(OCc2cccc(Cl)c2)c(Br)c1. The number of hydrogen-bond donors (Lipinski definition) is 0. The summed E-state index contributed by atoms with van der Waals surface area (Å²) in [4.78, 5) is 4.53. The van der Waals surface area contributed by atoms with E-state index in [9.17, 15) is 0 Å². The van der Waals surface area contributed by atoms with Gasteiger partial charge in [-0.15, -0.1) is 0 Å². The van der Waals surface area contributed by atoms with Crippen molar-refractivity contribution in [2.75, 3.05) is 0 Å². The predicted molar refractivity (Wildman–Crippen MR) is 113 cm³/mol. The molecule has 2 nitrogen and oxygen atoms in total. The topological polar surface area (TPSA) is 21.6 Å². The summed E-state index contributed by atoms with van der Waals surface area (Å²) in [6.45, 7) is 2.41. The van der Waals surface area contributed by atoms with E-state index in [0.717, 1.165) is 32.6 Å². The van der Waals surface area contributed by atoms with Gasteiger partial charge in [0.2, 0.25) is 0 Å². The summed E-state index contributed by atoms with van der Waals surface area (Å²) in [5, 5.41) is 1.42. The molecule has 0 N–H and O–H groups in total. The first-order valence-corrected chi connectivity index (χ1v) is 9.54. The molecule has 0 amide bonds. The Morgan fingerprint density at radius 3 is 2.62 bits per heavy atom. The number of benzene rings is 3. The maximum Gasteiger partial charge on any atom is 0.134 e. The molecule has 0 radical (unpaired) electrons. The molecule has 0 heterocycles. The lowest BCUT2D eigenvalue weighted by molar-refractivity contribution is 0.304. The molecule has 0 aliphatic heterocycles. The first kappa shape index (κ1) is 19.0. The van der Waals surface area contributed by atoms with Crippen LogP contribution < -0.4 is 4.74 Å². The summed E-state index contributed by atoms with van der Waals surface area (Å²) in [6, 6.07) is 19.2. The maximum atomic E-state index is 6.13. The quantitative estimate of drug-likeness (QED) is 0.372. The molecule has 5 heteroatoms. The van der Waals surface area contributed by atoms with Gasteiger partial charge in [-0.1, -0.05) is 41.4 Å². The second kappa shape index (κ2) is 8.72. The zero-order valence-electron chi connectivity index (χ0n) is 14.0. The van der Waals surface area contributed by atoms with E-state index in [2.05, 4.69) is 20.9 Å². The smallest absolute Gasteiger partial charge is 0.134 e. The van der Waals surface area contributed by atoms with Crippen LogP contribution in [0.3, 0.4) is 0 Å². The third kappa shape index (κ3) is 4.88. The number of hydrogen-bond acceptors (Lipinski definition) is 2. The van der Waals surface area contributed by atoms with E-state index in [1.165, 1.54) is 0 Å². The van der Waals surface area contributed by atoms with Crippen LogP contribution in [0.25, 0.3) is 0 Å². The summed E-state index contributed by atoms with van der Waals surface area (Å²) < 4.78 is 6.73. The van der Waals surface area contributed by atoms with Crippen LogP contribution in [0.4, 0.5) is 5.69 Å². The minimum Gasteiger partial charge on any atom is -0.488 e. The third-order valence-electron chi connectivity index (χ3n) is 3.83. The second-order valence-electron chi connectivity index (χ2n) is 5.75. The molecule has 0 atom stereocenters. The fraction of sp³-hybridized carbons (Fsp3) is 0.0952. The van der Waals surface area contributed by atoms with Gasteiger partial charge in [0.1, 0.15) is 12.4 Å². The highest BCUT2D eigenvalue weighted by Gasteiger charge is 2.04. The van der Waals surface area contributed by atoms with Gasteiger partial charge in [-0.2, -0.15) is 0 Å². The van der Waals surface area contributed by atoms with Crippen molar-refractivity contribution in [1.29, 1.82) is 0 Å². The van der Waals surface area contributed by atoms with Crippen molar-refractivity contribution in [2.45, 2.75) is 13.5 Å². The molecule has 0 fully saturated rings. The monoisotopic (exact) mass is 447 g/mol. The number of halogens is 3. The van der Waals surface area contributed by atoms with Gasteiger partial charge in [0.15, 0.2) is 0 Å². The van der Waals surface area contributed by atoms with E-state index >= 15 is 0 Å². The van der Waals surface area contributed by atoms with E-state index in [0.29, 0.717) is 16.7 Å². The average molecular weight is 449 g/mol. The molecule has 0 saturated carbocycles. The first-order valence-electron chi connectivity index (χ1n) is 7.99. The Morgan fingerprint density at radius 1 is 1.04 bits per heavy atom. The Bertz CT molecular complexity index is 956. The molecule has 0 bridgehead atoms. The molecule has 0 unspecified atom stereocenters. The lowest BCUT2D eigenvalue weighted by atomic mass is 10.2. The van der Waals surface area contributed by atoms with Crippen LogP contribution >= 0.6 is 39.1 Å². The Balaban J connectivity index is 1.71. The molecule has 0 aliphatic rings. The van der Waals surface area contributed by atoms with E-state index in [-0.39, 0.29) is 0 Å². The van der Waals surface area contributed by atoms with Gasteiger partial charge < -0.3 is 4.74 Å². The van der Waals surface area contributed by atoms with Gasteiger partial charge in [-0.25, -0.2) is 0 Å². The predicted octanol–water partition coefficient (Wildman–Crippen LogP) is 7.39. The van der Waals surface area contributed by atoms with Crippen molar-refractivity contribution >= 4 is 51.0 Å². The minimum atomic E-state index is 0.453. The van der Waals surface area contributed by atoms with Crippen LogP contribution in [0.5, 0.6) is 5.75 Å². The average Bonchev–Trinajstić information content (AvgIpc) is 2.62. The largest absolute Gasteiger partial charge is 0.488 e. The van der Waals surface area contributed by atoms with Crippen LogP contribution in [0.15, 0.2) is 70.1 Å². The van der Waals surface area contributed by atoms with Gasteiger partial charge in [0.25, 0.3) is 0 Å². The van der Waals surface area contributed by atoms with Crippen LogP contribution in [-0.2, 0) is 6.61 Å². The third-order valence-corrected chi connectivity index (χ3v) is 5.10. The van der Waals surface area contributed by atoms with Gasteiger partial charge in [0.05, 0.1) is 10.2 Å². The summed E-state index contributed by atoms with van der Waals surface area (Å²) in [6.07, 6.45) is 1.81. The lowest BCUT2D eigenvalue weighted by Crippen LogP contribution is -1.96. The molecule has 3 aromatic carbocycles. The van der Waals surface area contributed by atoms with Crippen molar-refractivity contribution in [3.05, 3.63) is 91.9 Å². The lowest BCUT2D eigenvalue weighted by Gasteiger charge is -2.09. The number of nitrogens with zero attached hydrogens (tertiary/aromatic N) is 1. The molecule has 0 aromatic heterocycles. The van der Waals surface area contributed by atoms with E-state index in [1.54, 1.807) is 0 Å². The molecule has 0 saturated heterocycles. The molecular formula is C21H16BrCl2NO. The van der Waals surface area contributed by atoms with Gasteiger partial charge >= 0.3 is 0 Å². The Morgan fingerprint density at radius 2 is 1.85 bits per heavy atom. The highest BCUT2D eigenvalue weighted by Crippen LogP contribution is 2.28. The standard InChI is InChI=1S/C21H16BrCl2NO/c1-14-19(24)6-3-7-20(14)25-12-15-8-9-21(18(22)11-15)26-13-16-4-2-5-17(23)10-16/h2-12H,13H2,1H3. The van der Waals surface area contributed by atoms with Crippen molar-refractivity contribution in [2.24, 2.45) is 4.99 Å². The molecule has 0 spiro atoms. The molecule has 3 aromatic rings. The van der Waals surface area contributed by atoms with Crippen LogP contribution in [0, 0.1) is 6.92 Å². The minimum absolute atomic E-state index is 0.453.